The van der Waals surface area contributed by atoms with Gasteiger partial charge >= 0.3 is 6.03 Å². The number of carbonyl (C=O) groups excluding carboxylic acids is 2. The summed E-state index contributed by atoms with van der Waals surface area (Å²) in [7, 11) is 1.68. The van der Waals surface area contributed by atoms with E-state index in [4.69, 9.17) is 0 Å². The van der Waals surface area contributed by atoms with Gasteiger partial charge in [0.05, 0.1) is 6.54 Å². The lowest BCUT2D eigenvalue weighted by molar-refractivity contribution is -0.118. The number of anilines is 1. The molecule has 19 heavy (non-hydrogen) atoms. The first-order chi connectivity index (χ1) is 8.94. The Labute approximate surface area is 110 Å². The van der Waals surface area contributed by atoms with Crippen LogP contribution in [0.4, 0.5) is 10.6 Å². The van der Waals surface area contributed by atoms with E-state index >= 15 is 0 Å². The standard InChI is InChI=1S/C12H15N5O2/c1-7-4-8(2)13-9(5-7)14-12(19)16-11-15-10(18)6-17(11)3/h4-5H,6H2,1-3H3,(H2,13,14,15,16,18,19). The van der Waals surface area contributed by atoms with Gasteiger partial charge in [-0.2, -0.15) is 4.99 Å². The van der Waals surface area contributed by atoms with Crippen LogP contribution in [0.15, 0.2) is 17.1 Å². The van der Waals surface area contributed by atoms with Crippen molar-refractivity contribution in [3.8, 4) is 0 Å². The largest absolute Gasteiger partial charge is 0.349 e. The molecule has 1 aliphatic heterocycles. The second kappa shape index (κ2) is 5.05. The number of carbonyl (C=O) groups is 2. The third-order valence-corrected chi connectivity index (χ3v) is 2.53. The third-order valence-electron chi connectivity index (χ3n) is 2.53. The molecular weight excluding hydrogens is 246 g/mol. The van der Waals surface area contributed by atoms with Gasteiger partial charge in [0, 0.05) is 12.7 Å². The van der Waals surface area contributed by atoms with E-state index in [9.17, 15) is 9.59 Å². The Hall–Kier alpha value is -2.44. The number of nitrogens with zero attached hydrogens (tertiary/aromatic N) is 3. The number of urea groups is 1. The zero-order valence-corrected chi connectivity index (χ0v) is 11.0. The number of rotatable bonds is 1. The molecule has 2 N–H and O–H groups in total. The quantitative estimate of drug-likeness (QED) is 0.777. The average Bonchev–Trinajstić information content (AvgIpc) is 2.55. The topological polar surface area (TPSA) is 86.7 Å². The normalized spacial score (nSPS) is 16.7. The van der Waals surface area contributed by atoms with Crippen LogP contribution in [-0.4, -0.2) is 41.4 Å². The van der Waals surface area contributed by atoms with Crippen molar-refractivity contribution in [2.75, 3.05) is 18.9 Å². The maximum Gasteiger partial charge on any atom is 0.349 e. The maximum atomic E-state index is 11.7. The molecule has 7 nitrogen and oxygen atoms in total. The van der Waals surface area contributed by atoms with Crippen molar-refractivity contribution in [3.63, 3.8) is 0 Å². The van der Waals surface area contributed by atoms with Crippen molar-refractivity contribution < 1.29 is 9.59 Å². The SMILES string of the molecule is Cc1cc(C)nc(NC(=O)N=C2NC(=O)CN2C)c1. The van der Waals surface area contributed by atoms with Gasteiger partial charge in [-0.15, -0.1) is 0 Å². The lowest BCUT2D eigenvalue weighted by Gasteiger charge is -2.08. The Morgan fingerprint density at radius 3 is 2.79 bits per heavy atom. The van der Waals surface area contributed by atoms with Gasteiger partial charge in [0.15, 0.2) is 0 Å². The zero-order chi connectivity index (χ0) is 14.0. The minimum atomic E-state index is -0.568. The molecule has 0 bridgehead atoms. The average molecular weight is 261 g/mol. The maximum absolute atomic E-state index is 11.7. The molecule has 1 aromatic rings. The van der Waals surface area contributed by atoms with E-state index in [1.165, 1.54) is 0 Å². The first kappa shape index (κ1) is 13.0. The van der Waals surface area contributed by atoms with Crippen LogP contribution in [0.5, 0.6) is 0 Å². The summed E-state index contributed by atoms with van der Waals surface area (Å²) in [5.41, 5.74) is 1.82. The molecule has 1 saturated heterocycles. The lowest BCUT2D eigenvalue weighted by Crippen LogP contribution is -2.29. The number of aryl methyl sites for hydroxylation is 2. The number of nitrogens with one attached hydrogen (secondary N) is 2. The molecule has 2 rings (SSSR count). The van der Waals surface area contributed by atoms with Crippen LogP contribution >= 0.6 is 0 Å². The monoisotopic (exact) mass is 261 g/mol. The predicted molar refractivity (Wildman–Crippen MR) is 70.9 cm³/mol. The van der Waals surface area contributed by atoms with Crippen molar-refractivity contribution in [1.29, 1.82) is 0 Å². The van der Waals surface area contributed by atoms with E-state index in [-0.39, 0.29) is 18.4 Å². The second-order valence-corrected chi connectivity index (χ2v) is 4.44. The van der Waals surface area contributed by atoms with E-state index in [1.54, 1.807) is 18.0 Å². The first-order valence-corrected chi connectivity index (χ1v) is 5.80. The minimum Gasteiger partial charge on any atom is -0.336 e. The molecule has 7 heteroatoms. The van der Waals surface area contributed by atoms with Crippen molar-refractivity contribution in [2.24, 2.45) is 4.99 Å². The van der Waals surface area contributed by atoms with Crippen LogP contribution in [-0.2, 0) is 4.79 Å². The number of likely N-dealkylation sites (N-methyl/N-ethyl adjacent to an activating group) is 1. The summed E-state index contributed by atoms with van der Waals surface area (Å²) in [5, 5.41) is 5.07. The minimum absolute atomic E-state index is 0.182. The summed E-state index contributed by atoms with van der Waals surface area (Å²) in [6.07, 6.45) is 0. The van der Waals surface area contributed by atoms with Gasteiger partial charge in [0.25, 0.3) is 0 Å². The van der Waals surface area contributed by atoms with E-state index < -0.39 is 6.03 Å². The lowest BCUT2D eigenvalue weighted by atomic mass is 10.2. The molecule has 3 amide bonds. The van der Waals surface area contributed by atoms with Gasteiger partial charge in [-0.1, -0.05) is 0 Å². The van der Waals surface area contributed by atoms with Crippen LogP contribution in [0, 0.1) is 13.8 Å². The van der Waals surface area contributed by atoms with Crippen LogP contribution in [0.2, 0.25) is 0 Å². The Kier molecular flexibility index (Phi) is 3.46. The molecule has 0 radical (unpaired) electrons. The molecule has 100 valence electrons. The predicted octanol–water partition coefficient (Wildman–Crippen LogP) is 0.648. The second-order valence-electron chi connectivity index (χ2n) is 4.44. The van der Waals surface area contributed by atoms with Crippen LogP contribution in [0.3, 0.4) is 0 Å². The van der Waals surface area contributed by atoms with E-state index in [0.717, 1.165) is 11.3 Å². The van der Waals surface area contributed by atoms with E-state index in [0.29, 0.717) is 5.82 Å². The molecule has 0 unspecified atom stereocenters. The van der Waals surface area contributed by atoms with Crippen molar-refractivity contribution in [1.82, 2.24) is 15.2 Å². The Bertz CT molecular complexity index is 547. The number of pyridine rings is 1. The Morgan fingerprint density at radius 2 is 2.21 bits per heavy atom. The fraction of sp³-hybridized carbons (Fsp3) is 0.333. The number of hydrogen-bond donors (Lipinski definition) is 2. The molecule has 1 aliphatic rings. The number of amides is 3. The zero-order valence-electron chi connectivity index (χ0n) is 11.0. The molecule has 0 saturated carbocycles. The highest BCUT2D eigenvalue weighted by atomic mass is 16.2. The Morgan fingerprint density at radius 1 is 1.47 bits per heavy atom. The van der Waals surface area contributed by atoms with Crippen LogP contribution < -0.4 is 10.6 Å². The van der Waals surface area contributed by atoms with Gasteiger partial charge in [0.1, 0.15) is 5.82 Å². The number of aromatic nitrogens is 1. The van der Waals surface area contributed by atoms with Crippen molar-refractivity contribution in [2.45, 2.75) is 13.8 Å². The number of guanidine groups is 1. The highest BCUT2D eigenvalue weighted by Gasteiger charge is 2.22. The summed E-state index contributed by atoms with van der Waals surface area (Å²) in [5.74, 6) is 0.504. The number of hydrogen-bond acceptors (Lipinski definition) is 3. The summed E-state index contributed by atoms with van der Waals surface area (Å²) >= 11 is 0. The molecular formula is C12H15N5O2. The number of aliphatic imine (C=N–C) groups is 1. The van der Waals surface area contributed by atoms with Gasteiger partial charge in [-0.3, -0.25) is 15.4 Å². The summed E-state index contributed by atoms with van der Waals surface area (Å²) in [6.45, 7) is 3.97. The van der Waals surface area contributed by atoms with E-state index in [2.05, 4.69) is 20.6 Å². The molecule has 1 aromatic heterocycles. The fourth-order valence-corrected chi connectivity index (χ4v) is 1.80. The van der Waals surface area contributed by atoms with E-state index in [1.807, 2.05) is 19.9 Å². The first-order valence-electron chi connectivity index (χ1n) is 5.80. The summed E-state index contributed by atoms with van der Waals surface area (Å²) < 4.78 is 0. The highest BCUT2D eigenvalue weighted by Crippen LogP contribution is 2.09. The summed E-state index contributed by atoms with van der Waals surface area (Å²) in [6, 6.07) is 3.09. The van der Waals surface area contributed by atoms with Crippen LogP contribution in [0.25, 0.3) is 0 Å². The van der Waals surface area contributed by atoms with Crippen molar-refractivity contribution in [3.05, 3.63) is 23.4 Å². The molecule has 0 aliphatic carbocycles. The summed E-state index contributed by atoms with van der Waals surface area (Å²) in [4.78, 5) is 32.4. The third kappa shape index (κ3) is 3.27. The molecule has 0 atom stereocenters. The highest BCUT2D eigenvalue weighted by molar-refractivity contribution is 6.09. The van der Waals surface area contributed by atoms with Gasteiger partial charge < -0.3 is 4.90 Å². The molecule has 0 aromatic carbocycles. The van der Waals surface area contributed by atoms with Crippen molar-refractivity contribution >= 4 is 23.7 Å². The van der Waals surface area contributed by atoms with Gasteiger partial charge in [-0.05, 0) is 31.5 Å². The molecule has 1 fully saturated rings. The van der Waals surface area contributed by atoms with Crippen LogP contribution in [0.1, 0.15) is 11.3 Å². The smallest absolute Gasteiger partial charge is 0.336 e. The van der Waals surface area contributed by atoms with Gasteiger partial charge in [0.2, 0.25) is 11.9 Å². The molecule has 0 spiro atoms. The Balaban J connectivity index is 2.09. The van der Waals surface area contributed by atoms with Gasteiger partial charge in [-0.25, -0.2) is 9.78 Å². The fourth-order valence-electron chi connectivity index (χ4n) is 1.80. The molecule has 2 heterocycles.